The quantitative estimate of drug-likeness (QED) is 0.433. The summed E-state index contributed by atoms with van der Waals surface area (Å²) in [5.41, 5.74) is 3.29. The molecule has 0 atom stereocenters. The zero-order chi connectivity index (χ0) is 17.8. The van der Waals surface area contributed by atoms with Crippen molar-refractivity contribution in [1.29, 1.82) is 0 Å². The van der Waals surface area contributed by atoms with Crippen molar-refractivity contribution in [3.63, 3.8) is 0 Å². The smallest absolute Gasteiger partial charge is 0.137 e. The third-order valence-electron chi connectivity index (χ3n) is 4.58. The Morgan fingerprint density at radius 3 is 2.48 bits per heavy atom. The van der Waals surface area contributed by atoms with Gasteiger partial charge in [0.15, 0.2) is 0 Å². The lowest BCUT2D eigenvalue weighted by Gasteiger charge is -2.20. The van der Waals surface area contributed by atoms with Gasteiger partial charge in [0.25, 0.3) is 0 Å². The molecule has 0 saturated heterocycles. The molecule has 0 aliphatic rings. The Bertz CT molecular complexity index is 1110. The van der Waals surface area contributed by atoms with Gasteiger partial charge in [0.1, 0.15) is 11.6 Å². The van der Waals surface area contributed by atoms with E-state index in [1.54, 1.807) is 6.07 Å². The highest BCUT2D eigenvalue weighted by Gasteiger charge is 2.18. The third kappa shape index (κ3) is 2.61. The second kappa shape index (κ2) is 5.60. The minimum absolute atomic E-state index is 0.0433. The summed E-state index contributed by atoms with van der Waals surface area (Å²) in [5.74, 6) is 1.09. The SMILES string of the molecule is CC(C)(C)c1ccnc(-n2c3ccccc3c3cc(Br)c(O)cc32)c1. The maximum atomic E-state index is 10.2. The number of halogens is 1. The summed E-state index contributed by atoms with van der Waals surface area (Å²) in [6, 6.07) is 16.2. The van der Waals surface area contributed by atoms with E-state index in [-0.39, 0.29) is 11.2 Å². The van der Waals surface area contributed by atoms with Crippen LogP contribution < -0.4 is 0 Å². The molecule has 0 bridgehead atoms. The van der Waals surface area contributed by atoms with Gasteiger partial charge >= 0.3 is 0 Å². The largest absolute Gasteiger partial charge is 0.507 e. The lowest BCUT2D eigenvalue weighted by molar-refractivity contribution is 0.472. The zero-order valence-electron chi connectivity index (χ0n) is 14.4. The molecule has 4 aromatic rings. The molecule has 1 N–H and O–H groups in total. The van der Waals surface area contributed by atoms with E-state index in [9.17, 15) is 5.11 Å². The van der Waals surface area contributed by atoms with Gasteiger partial charge in [0.2, 0.25) is 0 Å². The second-order valence-electron chi connectivity index (χ2n) is 7.33. The maximum Gasteiger partial charge on any atom is 0.137 e. The number of benzene rings is 2. The molecule has 3 nitrogen and oxygen atoms in total. The number of phenols is 1. The fraction of sp³-hybridized carbons (Fsp3) is 0.190. The Kier molecular flexibility index (Phi) is 3.62. The van der Waals surface area contributed by atoms with Crippen LogP contribution in [0.3, 0.4) is 0 Å². The number of hydrogen-bond donors (Lipinski definition) is 1. The molecular weight excluding hydrogens is 376 g/mol. The molecule has 0 amide bonds. The van der Waals surface area contributed by atoms with Crippen LogP contribution in [0.1, 0.15) is 26.3 Å². The van der Waals surface area contributed by atoms with E-state index < -0.39 is 0 Å². The van der Waals surface area contributed by atoms with E-state index >= 15 is 0 Å². The topological polar surface area (TPSA) is 38.0 Å². The number of nitrogens with zero attached hydrogens (tertiary/aromatic N) is 2. The summed E-state index contributed by atoms with van der Waals surface area (Å²) in [6.45, 7) is 6.59. The summed E-state index contributed by atoms with van der Waals surface area (Å²) < 4.78 is 2.81. The molecule has 2 aromatic heterocycles. The van der Waals surface area contributed by atoms with Crippen molar-refractivity contribution < 1.29 is 5.11 Å². The van der Waals surface area contributed by atoms with Crippen LogP contribution >= 0.6 is 15.9 Å². The predicted octanol–water partition coefficient (Wildman–Crippen LogP) is 5.94. The number of hydrogen-bond acceptors (Lipinski definition) is 2. The molecule has 4 rings (SSSR count). The Labute approximate surface area is 155 Å². The van der Waals surface area contributed by atoms with Crippen molar-refractivity contribution >= 4 is 37.7 Å². The third-order valence-corrected chi connectivity index (χ3v) is 5.22. The molecule has 0 saturated carbocycles. The lowest BCUT2D eigenvalue weighted by Crippen LogP contribution is -2.12. The molecule has 0 aliphatic heterocycles. The monoisotopic (exact) mass is 394 g/mol. The number of phenolic OH excluding ortho intramolecular Hbond substituents is 1. The highest BCUT2D eigenvalue weighted by Crippen LogP contribution is 2.37. The Balaban J connectivity index is 2.12. The van der Waals surface area contributed by atoms with E-state index in [0.29, 0.717) is 4.47 Å². The Morgan fingerprint density at radius 1 is 0.960 bits per heavy atom. The average molecular weight is 395 g/mol. The second-order valence-corrected chi connectivity index (χ2v) is 8.18. The number of aromatic nitrogens is 2. The molecule has 0 aliphatic carbocycles. The molecule has 0 unspecified atom stereocenters. The molecule has 0 fully saturated rings. The van der Waals surface area contributed by atoms with Gasteiger partial charge in [0, 0.05) is 23.0 Å². The van der Waals surface area contributed by atoms with Crippen LogP contribution in [0, 0.1) is 0 Å². The van der Waals surface area contributed by atoms with E-state index in [1.807, 2.05) is 24.4 Å². The van der Waals surface area contributed by atoms with Crippen LogP contribution in [-0.2, 0) is 5.41 Å². The maximum absolute atomic E-state index is 10.2. The summed E-state index contributed by atoms with van der Waals surface area (Å²) in [6.07, 6.45) is 1.86. The van der Waals surface area contributed by atoms with Crippen LogP contribution in [0.5, 0.6) is 5.75 Å². The molecular formula is C21H19BrN2O. The fourth-order valence-corrected chi connectivity index (χ4v) is 3.58. The highest BCUT2D eigenvalue weighted by molar-refractivity contribution is 9.10. The van der Waals surface area contributed by atoms with E-state index in [0.717, 1.165) is 27.6 Å². The number of para-hydroxylation sites is 1. The number of rotatable bonds is 1. The highest BCUT2D eigenvalue weighted by atomic mass is 79.9. The number of aromatic hydroxyl groups is 1. The lowest BCUT2D eigenvalue weighted by atomic mass is 9.88. The van der Waals surface area contributed by atoms with Crippen molar-refractivity contribution in [3.05, 3.63) is 64.8 Å². The summed E-state index contributed by atoms with van der Waals surface area (Å²) in [7, 11) is 0. The molecule has 0 radical (unpaired) electrons. The van der Waals surface area contributed by atoms with Gasteiger partial charge in [-0.3, -0.25) is 4.57 Å². The Morgan fingerprint density at radius 2 is 1.72 bits per heavy atom. The van der Waals surface area contributed by atoms with Gasteiger partial charge < -0.3 is 5.11 Å². The average Bonchev–Trinajstić information content (AvgIpc) is 2.88. The summed E-state index contributed by atoms with van der Waals surface area (Å²) >= 11 is 3.43. The first-order chi connectivity index (χ1) is 11.9. The van der Waals surface area contributed by atoms with Gasteiger partial charge in [0.05, 0.1) is 15.5 Å². The van der Waals surface area contributed by atoms with Crippen LogP contribution in [0.2, 0.25) is 0 Å². The predicted molar refractivity (Wildman–Crippen MR) is 107 cm³/mol. The first-order valence-corrected chi connectivity index (χ1v) is 9.04. The van der Waals surface area contributed by atoms with Crippen molar-refractivity contribution in [3.8, 4) is 11.6 Å². The van der Waals surface area contributed by atoms with Crippen LogP contribution in [0.25, 0.3) is 27.6 Å². The van der Waals surface area contributed by atoms with E-state index in [1.165, 1.54) is 5.56 Å². The number of pyridine rings is 1. The first kappa shape index (κ1) is 16.2. The van der Waals surface area contributed by atoms with Crippen molar-refractivity contribution in [2.24, 2.45) is 0 Å². The molecule has 126 valence electrons. The molecule has 2 aromatic carbocycles. The van der Waals surface area contributed by atoms with Crippen molar-refractivity contribution in [2.75, 3.05) is 0 Å². The normalized spacial score (nSPS) is 12.2. The van der Waals surface area contributed by atoms with E-state index in [4.69, 9.17) is 0 Å². The molecule has 0 spiro atoms. The van der Waals surface area contributed by atoms with Crippen LogP contribution in [-0.4, -0.2) is 14.7 Å². The van der Waals surface area contributed by atoms with Crippen molar-refractivity contribution in [1.82, 2.24) is 9.55 Å². The molecule has 2 heterocycles. The minimum atomic E-state index is 0.0433. The van der Waals surface area contributed by atoms with Gasteiger partial charge in [-0.2, -0.15) is 0 Å². The zero-order valence-corrected chi connectivity index (χ0v) is 16.0. The Hall–Kier alpha value is -2.33. The standard InChI is InChI=1S/C21H19BrN2O/c1-21(2,3)13-8-9-23-20(10-13)24-17-7-5-4-6-14(17)15-11-16(22)19(25)12-18(15)24/h4-12,25H,1-3H3. The van der Waals surface area contributed by atoms with Crippen LogP contribution in [0.15, 0.2) is 59.2 Å². The van der Waals surface area contributed by atoms with Gasteiger partial charge in [-0.15, -0.1) is 0 Å². The van der Waals surface area contributed by atoms with Gasteiger partial charge in [-0.05, 0) is 51.2 Å². The van der Waals surface area contributed by atoms with Gasteiger partial charge in [-0.1, -0.05) is 39.0 Å². The summed E-state index contributed by atoms with van der Waals surface area (Å²) in [5, 5.41) is 12.4. The fourth-order valence-electron chi connectivity index (χ4n) is 3.23. The number of fused-ring (bicyclic) bond motifs is 3. The molecule has 4 heteroatoms. The van der Waals surface area contributed by atoms with Gasteiger partial charge in [-0.25, -0.2) is 4.98 Å². The van der Waals surface area contributed by atoms with Crippen molar-refractivity contribution in [2.45, 2.75) is 26.2 Å². The molecule has 25 heavy (non-hydrogen) atoms. The van der Waals surface area contributed by atoms with E-state index in [2.05, 4.69) is 70.5 Å². The first-order valence-electron chi connectivity index (χ1n) is 8.25. The van der Waals surface area contributed by atoms with Crippen LogP contribution in [0.4, 0.5) is 0 Å². The minimum Gasteiger partial charge on any atom is -0.507 e. The summed E-state index contributed by atoms with van der Waals surface area (Å²) in [4.78, 5) is 4.62.